The number of aliphatic carboxylic acids is 1. The number of nitrogens with zero attached hydrogens (tertiary/aromatic N) is 2. The summed E-state index contributed by atoms with van der Waals surface area (Å²) in [4.78, 5) is 10.4. The minimum absolute atomic E-state index is 0.00827. The van der Waals surface area contributed by atoms with Crippen LogP contribution in [0.2, 0.25) is 0 Å². The Bertz CT molecular complexity index is 559. The van der Waals surface area contributed by atoms with Gasteiger partial charge >= 0.3 is 5.97 Å². The zero-order valence-corrected chi connectivity index (χ0v) is 10.1. The fraction of sp³-hybridized carbons (Fsp3) is 0.182. The van der Waals surface area contributed by atoms with Gasteiger partial charge in [0.25, 0.3) is 0 Å². The SMILES string of the molecule is O=C(O)CCc1nnc(Nc2ccccc2F)s1. The van der Waals surface area contributed by atoms with Crippen LogP contribution in [-0.4, -0.2) is 21.3 Å². The molecular weight excluding hydrogens is 257 g/mol. The Kier molecular flexibility index (Phi) is 3.83. The molecule has 0 radical (unpaired) electrons. The first kappa shape index (κ1) is 12.4. The molecule has 0 spiro atoms. The van der Waals surface area contributed by atoms with E-state index in [1.165, 1.54) is 17.4 Å². The van der Waals surface area contributed by atoms with Crippen LogP contribution in [0.4, 0.5) is 15.2 Å². The molecule has 1 heterocycles. The minimum atomic E-state index is -0.881. The van der Waals surface area contributed by atoms with E-state index in [2.05, 4.69) is 15.5 Å². The highest BCUT2D eigenvalue weighted by Crippen LogP contribution is 2.23. The number of aromatic nitrogens is 2. The van der Waals surface area contributed by atoms with Crippen molar-refractivity contribution < 1.29 is 14.3 Å². The van der Waals surface area contributed by atoms with Crippen LogP contribution in [0.5, 0.6) is 0 Å². The van der Waals surface area contributed by atoms with E-state index in [1.807, 2.05) is 0 Å². The van der Waals surface area contributed by atoms with Gasteiger partial charge in [-0.15, -0.1) is 10.2 Å². The zero-order valence-electron chi connectivity index (χ0n) is 9.26. The molecular formula is C11H10FN3O2S. The van der Waals surface area contributed by atoms with E-state index in [9.17, 15) is 9.18 Å². The van der Waals surface area contributed by atoms with Gasteiger partial charge in [-0.1, -0.05) is 23.5 Å². The summed E-state index contributed by atoms with van der Waals surface area (Å²) >= 11 is 1.22. The number of carboxylic acids is 1. The van der Waals surface area contributed by atoms with Crippen molar-refractivity contribution in [2.45, 2.75) is 12.8 Å². The Morgan fingerprint density at radius 1 is 1.39 bits per heavy atom. The number of rotatable bonds is 5. The summed E-state index contributed by atoms with van der Waals surface area (Å²) in [6, 6.07) is 6.24. The van der Waals surface area contributed by atoms with Crippen LogP contribution in [0, 0.1) is 5.82 Å². The van der Waals surface area contributed by atoms with Crippen LogP contribution in [-0.2, 0) is 11.2 Å². The van der Waals surface area contributed by atoms with Crippen molar-refractivity contribution in [3.8, 4) is 0 Å². The van der Waals surface area contributed by atoms with Crippen LogP contribution >= 0.6 is 11.3 Å². The lowest BCUT2D eigenvalue weighted by Crippen LogP contribution is -1.96. The summed E-state index contributed by atoms with van der Waals surface area (Å²) < 4.78 is 13.4. The fourth-order valence-corrected chi connectivity index (χ4v) is 2.05. The Balaban J connectivity index is 2.02. The van der Waals surface area contributed by atoms with E-state index in [0.717, 1.165) is 0 Å². The van der Waals surface area contributed by atoms with E-state index in [1.54, 1.807) is 18.2 Å². The molecule has 94 valence electrons. The largest absolute Gasteiger partial charge is 0.481 e. The molecule has 7 heteroatoms. The Labute approximate surface area is 106 Å². The molecule has 5 nitrogen and oxygen atoms in total. The summed E-state index contributed by atoms with van der Waals surface area (Å²) in [5.41, 5.74) is 0.318. The molecule has 0 aliphatic carbocycles. The number of carbonyl (C=O) groups is 1. The predicted octanol–water partition coefficient (Wildman–Crippen LogP) is 2.44. The standard InChI is InChI=1S/C11H10FN3O2S/c12-7-3-1-2-4-8(7)13-11-15-14-9(18-11)5-6-10(16)17/h1-4H,5-6H2,(H,13,15)(H,16,17). The number of aryl methyl sites for hydroxylation is 1. The highest BCUT2D eigenvalue weighted by atomic mass is 32.1. The number of para-hydroxylation sites is 1. The first-order valence-electron chi connectivity index (χ1n) is 5.21. The first-order valence-corrected chi connectivity index (χ1v) is 6.02. The monoisotopic (exact) mass is 267 g/mol. The van der Waals surface area contributed by atoms with Crippen molar-refractivity contribution in [3.63, 3.8) is 0 Å². The van der Waals surface area contributed by atoms with Crippen molar-refractivity contribution in [3.05, 3.63) is 35.1 Å². The topological polar surface area (TPSA) is 75.1 Å². The molecule has 0 aliphatic rings. The lowest BCUT2D eigenvalue weighted by atomic mass is 10.3. The maximum atomic E-state index is 13.4. The second kappa shape index (κ2) is 5.54. The van der Waals surface area contributed by atoms with Gasteiger partial charge in [0, 0.05) is 6.42 Å². The van der Waals surface area contributed by atoms with Gasteiger partial charge in [-0.25, -0.2) is 4.39 Å². The fourth-order valence-electron chi connectivity index (χ4n) is 1.30. The molecule has 0 atom stereocenters. The average Bonchev–Trinajstić information content (AvgIpc) is 2.77. The van der Waals surface area contributed by atoms with E-state index < -0.39 is 5.97 Å². The van der Waals surface area contributed by atoms with Gasteiger partial charge in [-0.2, -0.15) is 0 Å². The molecule has 0 aliphatic heterocycles. The molecule has 0 saturated carbocycles. The average molecular weight is 267 g/mol. The molecule has 18 heavy (non-hydrogen) atoms. The highest BCUT2D eigenvalue weighted by molar-refractivity contribution is 7.15. The quantitative estimate of drug-likeness (QED) is 0.870. The molecule has 2 aromatic rings. The number of hydrogen-bond donors (Lipinski definition) is 2. The molecule has 2 rings (SSSR count). The molecule has 1 aromatic carbocycles. The van der Waals surface area contributed by atoms with Crippen molar-refractivity contribution in [1.29, 1.82) is 0 Å². The zero-order chi connectivity index (χ0) is 13.0. The molecule has 0 saturated heterocycles. The summed E-state index contributed by atoms with van der Waals surface area (Å²) in [5.74, 6) is -1.26. The third kappa shape index (κ3) is 3.24. The number of halogens is 1. The van der Waals surface area contributed by atoms with Crippen LogP contribution in [0.25, 0.3) is 0 Å². The van der Waals surface area contributed by atoms with Crippen LogP contribution in [0.3, 0.4) is 0 Å². The summed E-state index contributed by atoms with van der Waals surface area (Å²) in [6.07, 6.45) is 0.334. The van der Waals surface area contributed by atoms with E-state index in [4.69, 9.17) is 5.11 Å². The predicted molar refractivity (Wildman–Crippen MR) is 65.5 cm³/mol. The van der Waals surface area contributed by atoms with Crippen molar-refractivity contribution in [2.24, 2.45) is 0 Å². The molecule has 0 unspecified atom stereocenters. The first-order chi connectivity index (χ1) is 8.65. The maximum absolute atomic E-state index is 13.4. The van der Waals surface area contributed by atoms with E-state index >= 15 is 0 Å². The van der Waals surface area contributed by atoms with Gasteiger partial charge < -0.3 is 10.4 Å². The van der Waals surface area contributed by atoms with E-state index in [0.29, 0.717) is 22.2 Å². The normalized spacial score (nSPS) is 10.3. The van der Waals surface area contributed by atoms with Gasteiger partial charge in [0.15, 0.2) is 0 Å². The number of hydrogen-bond acceptors (Lipinski definition) is 5. The third-order valence-electron chi connectivity index (χ3n) is 2.14. The number of nitrogens with one attached hydrogen (secondary N) is 1. The number of anilines is 2. The van der Waals surface area contributed by atoms with Crippen molar-refractivity contribution in [1.82, 2.24) is 10.2 Å². The second-order valence-electron chi connectivity index (χ2n) is 3.50. The Hall–Kier alpha value is -2.02. The van der Waals surface area contributed by atoms with Crippen molar-refractivity contribution in [2.75, 3.05) is 5.32 Å². The van der Waals surface area contributed by atoms with Crippen LogP contribution < -0.4 is 5.32 Å². The maximum Gasteiger partial charge on any atom is 0.303 e. The third-order valence-corrected chi connectivity index (χ3v) is 3.03. The second-order valence-corrected chi connectivity index (χ2v) is 4.56. The smallest absolute Gasteiger partial charge is 0.303 e. The lowest BCUT2D eigenvalue weighted by Gasteiger charge is -2.01. The van der Waals surface area contributed by atoms with Gasteiger partial charge in [0.1, 0.15) is 10.8 Å². The lowest BCUT2D eigenvalue weighted by molar-refractivity contribution is -0.136. The molecule has 0 fully saturated rings. The molecule has 0 amide bonds. The molecule has 1 aromatic heterocycles. The Morgan fingerprint density at radius 2 is 2.17 bits per heavy atom. The molecule has 0 bridgehead atoms. The summed E-state index contributed by atoms with van der Waals surface area (Å²) in [5, 5.41) is 20.1. The van der Waals surface area contributed by atoms with Gasteiger partial charge in [-0.3, -0.25) is 4.79 Å². The van der Waals surface area contributed by atoms with Gasteiger partial charge in [-0.05, 0) is 12.1 Å². The van der Waals surface area contributed by atoms with E-state index in [-0.39, 0.29) is 12.2 Å². The van der Waals surface area contributed by atoms with Crippen LogP contribution in [0.15, 0.2) is 24.3 Å². The summed E-state index contributed by atoms with van der Waals surface area (Å²) in [6.45, 7) is 0. The Morgan fingerprint density at radius 3 is 2.89 bits per heavy atom. The van der Waals surface area contributed by atoms with Gasteiger partial charge in [0.2, 0.25) is 5.13 Å². The van der Waals surface area contributed by atoms with Gasteiger partial charge in [0.05, 0.1) is 12.1 Å². The van der Waals surface area contributed by atoms with Crippen molar-refractivity contribution >= 4 is 28.1 Å². The minimum Gasteiger partial charge on any atom is -0.481 e. The van der Waals surface area contributed by atoms with Crippen LogP contribution in [0.1, 0.15) is 11.4 Å². The number of carboxylic acid groups (broad SMARTS) is 1. The highest BCUT2D eigenvalue weighted by Gasteiger charge is 2.08. The number of benzene rings is 1. The molecule has 2 N–H and O–H groups in total. The summed E-state index contributed by atoms with van der Waals surface area (Å²) in [7, 11) is 0.